The highest BCUT2D eigenvalue weighted by Crippen LogP contribution is 2.28. The molecule has 31 heavy (non-hydrogen) atoms. The van der Waals surface area contributed by atoms with Crippen LogP contribution in [0.3, 0.4) is 0 Å². The molecule has 2 aliphatic rings. The number of hydrazone groups is 1. The number of benzene rings is 2. The normalized spacial score (nSPS) is 20.1. The van der Waals surface area contributed by atoms with Crippen LogP contribution in [0.25, 0.3) is 0 Å². The van der Waals surface area contributed by atoms with Crippen LogP contribution in [0.5, 0.6) is 5.75 Å². The van der Waals surface area contributed by atoms with Gasteiger partial charge in [-0.15, -0.1) is 0 Å². The van der Waals surface area contributed by atoms with Gasteiger partial charge in [0.1, 0.15) is 11.7 Å². The number of carbonyl (C=O) groups excluding carboxylic acids is 1. The number of morpholine rings is 1. The molecule has 0 aliphatic carbocycles. The number of hydrogen-bond acceptors (Lipinski definition) is 6. The van der Waals surface area contributed by atoms with Gasteiger partial charge in [-0.25, -0.2) is 0 Å². The van der Waals surface area contributed by atoms with Crippen LogP contribution in [-0.4, -0.2) is 68.7 Å². The topological polar surface area (TPSA) is 66.7 Å². The smallest absolute Gasteiger partial charge is 0.262 e. The third kappa shape index (κ3) is 4.84. The standard InChI is InChI=1S/C24H28N4O3/c1-18(25-12-13-27-14-16-31-17-15-27)22-23(19-8-10-21(30-2)11-9-19)26-28(24(22)29)20-6-4-3-5-7-20/h3-11,22H,12-17H2,1-2H3. The fourth-order valence-electron chi connectivity index (χ4n) is 3.85. The van der Waals surface area contributed by atoms with Gasteiger partial charge < -0.3 is 9.47 Å². The first-order chi connectivity index (χ1) is 15.2. The molecule has 0 N–H and O–H groups in total. The van der Waals surface area contributed by atoms with Gasteiger partial charge in [0.2, 0.25) is 0 Å². The number of aliphatic imine (C=N–C) groups is 1. The van der Waals surface area contributed by atoms with Gasteiger partial charge in [-0.05, 0) is 48.9 Å². The first kappa shape index (κ1) is 21.2. The quantitative estimate of drug-likeness (QED) is 0.646. The molecule has 2 aromatic rings. The first-order valence-electron chi connectivity index (χ1n) is 10.6. The van der Waals surface area contributed by atoms with Crippen LogP contribution >= 0.6 is 0 Å². The van der Waals surface area contributed by atoms with Gasteiger partial charge in [0.05, 0.1) is 38.3 Å². The summed E-state index contributed by atoms with van der Waals surface area (Å²) in [7, 11) is 1.64. The van der Waals surface area contributed by atoms with Crippen molar-refractivity contribution in [1.29, 1.82) is 0 Å². The van der Waals surface area contributed by atoms with Crippen molar-refractivity contribution in [2.24, 2.45) is 16.0 Å². The van der Waals surface area contributed by atoms with Crippen molar-refractivity contribution in [2.75, 3.05) is 51.5 Å². The summed E-state index contributed by atoms with van der Waals surface area (Å²) >= 11 is 0. The zero-order valence-corrected chi connectivity index (χ0v) is 18.0. The van der Waals surface area contributed by atoms with Gasteiger partial charge in [-0.2, -0.15) is 10.1 Å². The maximum absolute atomic E-state index is 13.4. The largest absolute Gasteiger partial charge is 0.497 e. The molecule has 0 spiro atoms. The molecule has 0 bridgehead atoms. The van der Waals surface area contributed by atoms with Crippen molar-refractivity contribution >= 4 is 23.0 Å². The van der Waals surface area contributed by atoms with Crippen molar-refractivity contribution in [3.05, 3.63) is 60.2 Å². The maximum atomic E-state index is 13.4. The number of anilines is 1. The highest BCUT2D eigenvalue weighted by Gasteiger charge is 2.39. The van der Waals surface area contributed by atoms with Gasteiger partial charge in [0.25, 0.3) is 5.91 Å². The van der Waals surface area contributed by atoms with Crippen molar-refractivity contribution in [1.82, 2.24) is 4.90 Å². The summed E-state index contributed by atoms with van der Waals surface area (Å²) in [4.78, 5) is 20.5. The molecule has 2 aromatic carbocycles. The van der Waals surface area contributed by atoms with Crippen LogP contribution in [0.15, 0.2) is 64.7 Å². The van der Waals surface area contributed by atoms with Crippen LogP contribution in [0.4, 0.5) is 5.69 Å². The van der Waals surface area contributed by atoms with Crippen LogP contribution in [0.2, 0.25) is 0 Å². The average Bonchev–Trinajstić information content (AvgIpc) is 3.17. The van der Waals surface area contributed by atoms with Gasteiger partial charge in [-0.1, -0.05) is 18.2 Å². The molecule has 0 aromatic heterocycles. The summed E-state index contributed by atoms with van der Waals surface area (Å²) in [6.45, 7) is 6.83. The number of carbonyl (C=O) groups is 1. The van der Waals surface area contributed by atoms with E-state index >= 15 is 0 Å². The maximum Gasteiger partial charge on any atom is 0.262 e. The number of ether oxygens (including phenoxy) is 2. The number of nitrogens with zero attached hydrogens (tertiary/aromatic N) is 4. The van der Waals surface area contributed by atoms with E-state index in [9.17, 15) is 4.79 Å². The summed E-state index contributed by atoms with van der Waals surface area (Å²) in [5.74, 6) is 0.184. The van der Waals surface area contributed by atoms with Crippen LogP contribution in [-0.2, 0) is 9.53 Å². The number of rotatable bonds is 7. The molecule has 4 rings (SSSR count). The van der Waals surface area contributed by atoms with Crippen molar-refractivity contribution in [3.63, 3.8) is 0 Å². The van der Waals surface area contributed by atoms with Crippen molar-refractivity contribution < 1.29 is 14.3 Å². The van der Waals surface area contributed by atoms with E-state index in [0.717, 1.165) is 55.6 Å². The predicted octanol–water partition coefficient (Wildman–Crippen LogP) is 2.86. The Morgan fingerprint density at radius 2 is 1.84 bits per heavy atom. The SMILES string of the molecule is COc1ccc(C2=NN(c3ccccc3)C(=O)C2C(C)=NCCN2CCOCC2)cc1. The van der Waals surface area contributed by atoms with E-state index in [2.05, 4.69) is 4.90 Å². The lowest BCUT2D eigenvalue weighted by atomic mass is 9.93. The second-order valence-electron chi connectivity index (χ2n) is 7.61. The van der Waals surface area contributed by atoms with E-state index in [-0.39, 0.29) is 5.91 Å². The van der Waals surface area contributed by atoms with Gasteiger partial charge in [0, 0.05) is 25.3 Å². The Kier molecular flexibility index (Phi) is 6.74. The predicted molar refractivity (Wildman–Crippen MR) is 122 cm³/mol. The van der Waals surface area contributed by atoms with Gasteiger partial charge in [0.15, 0.2) is 0 Å². The Hall–Kier alpha value is -3.03. The Morgan fingerprint density at radius 3 is 2.52 bits per heavy atom. The van der Waals surface area contributed by atoms with Crippen molar-refractivity contribution in [3.8, 4) is 5.75 Å². The molecular formula is C24H28N4O3. The summed E-state index contributed by atoms with van der Waals surface area (Å²) in [6, 6.07) is 17.2. The molecule has 2 heterocycles. The summed E-state index contributed by atoms with van der Waals surface area (Å²) in [6.07, 6.45) is 0. The van der Waals surface area contributed by atoms with E-state index in [1.807, 2.05) is 61.5 Å². The molecule has 1 unspecified atom stereocenters. The molecule has 1 atom stereocenters. The van der Waals surface area contributed by atoms with Crippen LogP contribution in [0.1, 0.15) is 12.5 Å². The van der Waals surface area contributed by atoms with E-state index in [4.69, 9.17) is 19.6 Å². The lowest BCUT2D eigenvalue weighted by Gasteiger charge is -2.25. The second kappa shape index (κ2) is 9.85. The molecular weight excluding hydrogens is 392 g/mol. The monoisotopic (exact) mass is 420 g/mol. The molecule has 7 nitrogen and oxygen atoms in total. The zero-order chi connectivity index (χ0) is 21.6. The highest BCUT2D eigenvalue weighted by atomic mass is 16.5. The fourth-order valence-corrected chi connectivity index (χ4v) is 3.85. The fraction of sp³-hybridized carbons (Fsp3) is 0.375. The van der Waals surface area contributed by atoms with Crippen molar-refractivity contribution in [2.45, 2.75) is 6.92 Å². The minimum atomic E-state index is -0.502. The van der Waals surface area contributed by atoms with E-state index in [0.29, 0.717) is 12.3 Å². The number of methoxy groups -OCH3 is 1. The molecule has 2 aliphatic heterocycles. The lowest BCUT2D eigenvalue weighted by molar-refractivity contribution is -0.118. The molecule has 162 valence electrons. The minimum Gasteiger partial charge on any atom is -0.497 e. The number of hydrogen-bond donors (Lipinski definition) is 0. The summed E-state index contributed by atoms with van der Waals surface area (Å²) < 4.78 is 10.7. The second-order valence-corrected chi connectivity index (χ2v) is 7.61. The molecule has 7 heteroatoms. The third-order valence-electron chi connectivity index (χ3n) is 5.62. The van der Waals surface area contributed by atoms with Gasteiger partial charge >= 0.3 is 0 Å². The molecule has 1 amide bonds. The summed E-state index contributed by atoms with van der Waals surface area (Å²) in [5.41, 5.74) is 3.14. The van der Waals surface area contributed by atoms with Crippen LogP contribution < -0.4 is 9.75 Å². The first-order valence-corrected chi connectivity index (χ1v) is 10.6. The zero-order valence-electron chi connectivity index (χ0n) is 18.0. The van der Waals surface area contributed by atoms with Crippen LogP contribution in [0, 0.1) is 5.92 Å². The van der Waals surface area contributed by atoms with E-state index < -0.39 is 5.92 Å². The number of para-hydroxylation sites is 1. The van der Waals surface area contributed by atoms with Gasteiger partial charge in [-0.3, -0.25) is 14.7 Å². The average molecular weight is 421 g/mol. The summed E-state index contributed by atoms with van der Waals surface area (Å²) in [5, 5.41) is 6.21. The van der Waals surface area contributed by atoms with E-state index in [1.54, 1.807) is 7.11 Å². The molecule has 0 radical (unpaired) electrons. The minimum absolute atomic E-state index is 0.0790. The highest BCUT2D eigenvalue weighted by molar-refractivity contribution is 6.32. The third-order valence-corrected chi connectivity index (χ3v) is 5.62. The van der Waals surface area contributed by atoms with E-state index in [1.165, 1.54) is 5.01 Å². The Bertz CT molecular complexity index is 951. The molecule has 1 fully saturated rings. The molecule has 0 saturated carbocycles. The lowest BCUT2D eigenvalue weighted by Crippen LogP contribution is -2.38. The Balaban J connectivity index is 1.58. The number of amides is 1. The Morgan fingerprint density at radius 1 is 1.13 bits per heavy atom. The molecule has 1 saturated heterocycles. The Labute approximate surface area is 183 Å².